The van der Waals surface area contributed by atoms with Gasteiger partial charge >= 0.3 is 0 Å². The van der Waals surface area contributed by atoms with E-state index in [4.69, 9.17) is 0 Å². The lowest BCUT2D eigenvalue weighted by molar-refractivity contribution is -0.00578. The van der Waals surface area contributed by atoms with E-state index >= 15 is 0 Å². The highest BCUT2D eigenvalue weighted by molar-refractivity contribution is 4.93. The average molecular weight is 312 g/mol. The number of rotatable bonds is 9. The van der Waals surface area contributed by atoms with Crippen molar-refractivity contribution in [2.45, 2.75) is 101 Å². The molecule has 0 radical (unpaired) electrons. The lowest BCUT2D eigenvalue weighted by Gasteiger charge is -2.50. The van der Waals surface area contributed by atoms with Crippen LogP contribution in [0.2, 0.25) is 0 Å². The lowest BCUT2D eigenvalue weighted by atomic mass is 9.71. The van der Waals surface area contributed by atoms with Crippen molar-refractivity contribution in [2.24, 2.45) is 29.1 Å². The third-order valence-corrected chi connectivity index (χ3v) is 6.09. The second kappa shape index (κ2) is 8.18. The van der Waals surface area contributed by atoms with Crippen LogP contribution >= 0.6 is 0 Å². The van der Waals surface area contributed by atoms with Gasteiger partial charge in [-0.25, -0.2) is 0 Å². The van der Waals surface area contributed by atoms with Gasteiger partial charge in [-0.15, -0.1) is 0 Å². The molecule has 2 atom stereocenters. The predicted molar refractivity (Wildman–Crippen MR) is 102 cm³/mol. The Morgan fingerprint density at radius 2 is 1.23 bits per heavy atom. The van der Waals surface area contributed by atoms with Crippen LogP contribution in [-0.4, -0.2) is 23.0 Å². The molecule has 1 nitrogen and oxygen atoms in total. The highest BCUT2D eigenvalue weighted by Gasteiger charge is 2.38. The van der Waals surface area contributed by atoms with Crippen molar-refractivity contribution in [1.29, 1.82) is 0 Å². The van der Waals surface area contributed by atoms with E-state index < -0.39 is 0 Å². The molecule has 0 fully saturated rings. The van der Waals surface area contributed by atoms with Crippen molar-refractivity contribution in [3.8, 4) is 0 Å². The lowest BCUT2D eigenvalue weighted by Crippen LogP contribution is -2.55. The summed E-state index contributed by atoms with van der Waals surface area (Å²) in [7, 11) is 0. The van der Waals surface area contributed by atoms with E-state index in [9.17, 15) is 0 Å². The van der Waals surface area contributed by atoms with Gasteiger partial charge in [0.15, 0.2) is 0 Å². The van der Waals surface area contributed by atoms with E-state index in [0.717, 1.165) is 11.8 Å². The van der Waals surface area contributed by atoms with Crippen LogP contribution < -0.4 is 0 Å². The first-order valence-corrected chi connectivity index (χ1v) is 9.49. The highest BCUT2D eigenvalue weighted by Crippen LogP contribution is 2.39. The van der Waals surface area contributed by atoms with Gasteiger partial charge in [0.25, 0.3) is 0 Å². The van der Waals surface area contributed by atoms with Gasteiger partial charge < -0.3 is 0 Å². The Labute approximate surface area is 142 Å². The van der Waals surface area contributed by atoms with Crippen LogP contribution in [0.5, 0.6) is 0 Å². The van der Waals surface area contributed by atoms with Gasteiger partial charge in [0, 0.05) is 18.1 Å². The second-order valence-corrected chi connectivity index (χ2v) is 10.0. The summed E-state index contributed by atoms with van der Waals surface area (Å²) in [4.78, 5) is 2.80. The monoisotopic (exact) mass is 311 g/mol. The van der Waals surface area contributed by atoms with Crippen LogP contribution in [0, 0.1) is 29.1 Å². The summed E-state index contributed by atoms with van der Waals surface area (Å²) in [6.07, 6.45) is 1.25. The van der Waals surface area contributed by atoms with Crippen LogP contribution in [0.1, 0.15) is 89.5 Å². The maximum Gasteiger partial charge on any atom is 0.0161 e. The molecular weight excluding hydrogens is 266 g/mol. The van der Waals surface area contributed by atoms with Crippen LogP contribution in [0.15, 0.2) is 0 Å². The summed E-state index contributed by atoms with van der Waals surface area (Å²) >= 11 is 0. The zero-order valence-electron chi connectivity index (χ0n) is 17.7. The quantitative estimate of drug-likeness (QED) is 0.471. The normalized spacial score (nSPS) is 16.9. The maximum atomic E-state index is 2.80. The summed E-state index contributed by atoms with van der Waals surface area (Å²) < 4.78 is 0. The molecule has 2 unspecified atom stereocenters. The third-order valence-electron chi connectivity index (χ3n) is 6.09. The second-order valence-electron chi connectivity index (χ2n) is 10.0. The molecular formula is C21H45N. The Balaban J connectivity index is 5.39. The summed E-state index contributed by atoms with van der Waals surface area (Å²) in [6, 6.07) is 0.625. The molecule has 0 amide bonds. The summed E-state index contributed by atoms with van der Waals surface area (Å²) in [6.45, 7) is 30.0. The molecule has 0 aromatic carbocycles. The van der Waals surface area contributed by atoms with Gasteiger partial charge in [0.1, 0.15) is 0 Å². The molecule has 0 rings (SSSR count). The zero-order valence-corrected chi connectivity index (χ0v) is 17.7. The Kier molecular flexibility index (Phi) is 8.16. The van der Waals surface area contributed by atoms with Crippen LogP contribution in [-0.2, 0) is 0 Å². The fourth-order valence-electron chi connectivity index (χ4n) is 3.62. The molecule has 0 aliphatic rings. The summed E-state index contributed by atoms with van der Waals surface area (Å²) in [5.74, 6) is 2.88. The topological polar surface area (TPSA) is 3.24 Å². The Morgan fingerprint density at radius 3 is 1.55 bits per heavy atom. The van der Waals surface area contributed by atoms with Gasteiger partial charge in [-0.05, 0) is 56.3 Å². The molecule has 0 aliphatic carbocycles. The molecule has 0 aromatic heterocycles. The Bertz CT molecular complexity index is 312. The molecule has 22 heavy (non-hydrogen) atoms. The van der Waals surface area contributed by atoms with Crippen molar-refractivity contribution in [3.63, 3.8) is 0 Å². The number of hydrogen-bond donors (Lipinski definition) is 0. The molecule has 0 saturated heterocycles. The van der Waals surface area contributed by atoms with Crippen LogP contribution in [0.25, 0.3) is 0 Å². The molecule has 1 heteroatoms. The van der Waals surface area contributed by atoms with Gasteiger partial charge in [-0.2, -0.15) is 0 Å². The van der Waals surface area contributed by atoms with Crippen molar-refractivity contribution >= 4 is 0 Å². The molecule has 0 aromatic rings. The van der Waals surface area contributed by atoms with Gasteiger partial charge in [-0.1, -0.05) is 62.3 Å². The van der Waals surface area contributed by atoms with Crippen LogP contribution in [0.4, 0.5) is 0 Å². The predicted octanol–water partition coefficient (Wildman–Crippen LogP) is 6.48. The molecule has 0 saturated carbocycles. The third kappa shape index (κ3) is 6.22. The minimum atomic E-state index is 0.237. The smallest absolute Gasteiger partial charge is 0.0161 e. The van der Waals surface area contributed by atoms with E-state index in [1.54, 1.807) is 0 Å². The molecule has 0 N–H and O–H groups in total. The zero-order chi connectivity index (χ0) is 17.9. The largest absolute Gasteiger partial charge is 0.295 e. The van der Waals surface area contributed by atoms with Crippen molar-refractivity contribution in [1.82, 2.24) is 4.90 Å². The fourth-order valence-corrected chi connectivity index (χ4v) is 3.62. The number of nitrogens with zero attached hydrogens (tertiary/aromatic N) is 1. The number of hydrogen-bond acceptors (Lipinski definition) is 1. The molecule has 0 bridgehead atoms. The molecule has 0 heterocycles. The summed E-state index contributed by atoms with van der Waals surface area (Å²) in [5, 5.41) is 0. The molecule has 0 aliphatic heterocycles. The van der Waals surface area contributed by atoms with Gasteiger partial charge in [0.2, 0.25) is 0 Å². The SMILES string of the molecule is CC(C)CN(C(C)C(C)C(C)C)C(C)(C)CC(C)(C)C(C)C. The van der Waals surface area contributed by atoms with Crippen molar-refractivity contribution in [2.75, 3.05) is 6.54 Å². The van der Waals surface area contributed by atoms with Gasteiger partial charge in [-0.3, -0.25) is 4.90 Å². The van der Waals surface area contributed by atoms with E-state index in [0.29, 0.717) is 23.3 Å². The minimum Gasteiger partial charge on any atom is -0.295 e. The van der Waals surface area contributed by atoms with E-state index in [1.807, 2.05) is 0 Å². The van der Waals surface area contributed by atoms with Crippen molar-refractivity contribution < 1.29 is 0 Å². The van der Waals surface area contributed by atoms with Crippen molar-refractivity contribution in [3.05, 3.63) is 0 Å². The Hall–Kier alpha value is -0.0400. The Morgan fingerprint density at radius 1 is 0.773 bits per heavy atom. The van der Waals surface area contributed by atoms with Gasteiger partial charge in [0.05, 0.1) is 0 Å². The van der Waals surface area contributed by atoms with E-state index in [1.165, 1.54) is 13.0 Å². The first kappa shape index (κ1) is 22.0. The minimum absolute atomic E-state index is 0.237. The molecule has 0 spiro atoms. The van der Waals surface area contributed by atoms with Crippen LogP contribution in [0.3, 0.4) is 0 Å². The first-order valence-electron chi connectivity index (χ1n) is 9.49. The van der Waals surface area contributed by atoms with E-state index in [-0.39, 0.29) is 5.54 Å². The first-order chi connectivity index (χ1) is 9.72. The maximum absolute atomic E-state index is 2.80. The highest BCUT2D eigenvalue weighted by atomic mass is 15.2. The summed E-state index contributed by atoms with van der Waals surface area (Å²) in [5.41, 5.74) is 0.611. The van der Waals surface area contributed by atoms with E-state index in [2.05, 4.69) is 88.0 Å². The average Bonchev–Trinajstić information content (AvgIpc) is 2.32. The fraction of sp³-hybridized carbons (Fsp3) is 1.00. The standard InChI is InChI=1S/C21H45N/c1-15(2)13-22(19(8)18(7)16(3)4)21(11,12)14-20(9,10)17(5)6/h15-19H,13-14H2,1-12H3. The molecule has 134 valence electrons.